The Labute approximate surface area is 147 Å². The van der Waals surface area contributed by atoms with Gasteiger partial charge in [0.2, 0.25) is 0 Å². The molecule has 0 saturated carbocycles. The highest BCUT2D eigenvalue weighted by Crippen LogP contribution is 2.34. The van der Waals surface area contributed by atoms with E-state index in [-0.39, 0.29) is 0 Å². The zero-order chi connectivity index (χ0) is 18.9. The first kappa shape index (κ1) is 17.9. The number of alkyl halides is 3. The molecule has 0 bridgehead atoms. The fourth-order valence-electron chi connectivity index (χ4n) is 3.05. The number of hydrogen-bond donors (Lipinski definition) is 1. The molecule has 1 N–H and O–H groups in total. The van der Waals surface area contributed by atoms with Crippen molar-refractivity contribution in [2.75, 3.05) is 7.11 Å². The van der Waals surface area contributed by atoms with Gasteiger partial charge in [-0.05, 0) is 48.2 Å². The number of rotatable bonds is 3. The Morgan fingerprint density at radius 1 is 1.27 bits per heavy atom. The van der Waals surface area contributed by atoms with Crippen LogP contribution < -0.4 is 5.32 Å². The van der Waals surface area contributed by atoms with Crippen LogP contribution in [-0.4, -0.2) is 24.0 Å². The minimum Gasteiger partial charge on any atom is -0.465 e. The molecule has 136 valence electrons. The highest BCUT2D eigenvalue weighted by molar-refractivity contribution is 5.96. The second kappa shape index (κ2) is 6.78. The molecule has 0 spiro atoms. The van der Waals surface area contributed by atoms with Crippen LogP contribution in [0, 0.1) is 0 Å². The fraction of sp³-hybridized carbons (Fsp3) is 0.278. The average molecular weight is 364 g/mol. The lowest BCUT2D eigenvalue weighted by atomic mass is 10.0. The van der Waals surface area contributed by atoms with Crippen molar-refractivity contribution >= 4 is 11.9 Å². The molecule has 3 rings (SSSR count). The van der Waals surface area contributed by atoms with Gasteiger partial charge in [0.15, 0.2) is 5.69 Å². The summed E-state index contributed by atoms with van der Waals surface area (Å²) in [4.78, 5) is 27.4. The Kier molecular flexibility index (Phi) is 4.67. The summed E-state index contributed by atoms with van der Waals surface area (Å²) in [6.45, 7) is 0. The highest BCUT2D eigenvalue weighted by atomic mass is 19.4. The van der Waals surface area contributed by atoms with Gasteiger partial charge >= 0.3 is 12.1 Å². The largest absolute Gasteiger partial charge is 0.465 e. The van der Waals surface area contributed by atoms with Crippen molar-refractivity contribution < 1.29 is 27.5 Å². The molecule has 1 aromatic carbocycles. The van der Waals surface area contributed by atoms with Gasteiger partial charge in [0.25, 0.3) is 5.91 Å². The molecule has 1 aromatic heterocycles. The standard InChI is InChI=1S/C18H15F3N2O3/c1-26-17(25)11-5-4-10-6-7-14(13(10)9-11)23-16(24)12-3-2-8-22-15(12)18(19,20)21/h2-5,8-9,14H,6-7H2,1H3,(H,23,24). The second-order valence-electron chi connectivity index (χ2n) is 5.87. The number of nitrogens with zero attached hydrogens (tertiary/aromatic N) is 1. The molecular formula is C18H15F3N2O3. The molecule has 5 nitrogen and oxygen atoms in total. The summed E-state index contributed by atoms with van der Waals surface area (Å²) < 4.78 is 43.8. The number of fused-ring (bicyclic) bond motifs is 1. The zero-order valence-electron chi connectivity index (χ0n) is 13.8. The normalized spacial score (nSPS) is 16.1. The van der Waals surface area contributed by atoms with Gasteiger partial charge in [-0.3, -0.25) is 9.78 Å². The van der Waals surface area contributed by atoms with Crippen molar-refractivity contribution in [3.8, 4) is 0 Å². The van der Waals surface area contributed by atoms with Gasteiger partial charge in [0, 0.05) is 6.20 Å². The summed E-state index contributed by atoms with van der Waals surface area (Å²) in [5.74, 6) is -1.37. The summed E-state index contributed by atoms with van der Waals surface area (Å²) in [6, 6.07) is 6.88. The number of nitrogens with one attached hydrogen (secondary N) is 1. The minimum atomic E-state index is -4.72. The van der Waals surface area contributed by atoms with Crippen molar-refractivity contribution in [3.05, 3.63) is 64.5 Å². The van der Waals surface area contributed by atoms with E-state index < -0.39 is 35.4 Å². The number of methoxy groups -OCH3 is 1. The van der Waals surface area contributed by atoms with E-state index in [0.717, 1.165) is 17.8 Å². The molecule has 1 heterocycles. The van der Waals surface area contributed by atoms with Crippen LogP contribution in [0.3, 0.4) is 0 Å². The van der Waals surface area contributed by atoms with Gasteiger partial charge in [-0.15, -0.1) is 0 Å². The Morgan fingerprint density at radius 2 is 2.04 bits per heavy atom. The maximum absolute atomic E-state index is 13.0. The van der Waals surface area contributed by atoms with Crippen LogP contribution in [0.1, 0.15) is 50.0 Å². The van der Waals surface area contributed by atoms with E-state index >= 15 is 0 Å². The molecular weight excluding hydrogens is 349 g/mol. The summed E-state index contributed by atoms with van der Waals surface area (Å²) in [5, 5.41) is 2.62. The minimum absolute atomic E-state index is 0.324. The highest BCUT2D eigenvalue weighted by Gasteiger charge is 2.37. The van der Waals surface area contributed by atoms with Crippen molar-refractivity contribution in [2.24, 2.45) is 0 Å². The number of amides is 1. The molecule has 2 aromatic rings. The van der Waals surface area contributed by atoms with Gasteiger partial charge in [0.1, 0.15) is 0 Å². The topological polar surface area (TPSA) is 68.3 Å². The maximum Gasteiger partial charge on any atom is 0.434 e. The smallest absolute Gasteiger partial charge is 0.434 e. The van der Waals surface area contributed by atoms with E-state index in [0.29, 0.717) is 24.0 Å². The van der Waals surface area contributed by atoms with Gasteiger partial charge in [0.05, 0.1) is 24.3 Å². The van der Waals surface area contributed by atoms with Crippen molar-refractivity contribution in [3.63, 3.8) is 0 Å². The third-order valence-electron chi connectivity index (χ3n) is 4.27. The lowest BCUT2D eigenvalue weighted by Crippen LogP contribution is -2.29. The number of benzene rings is 1. The molecule has 1 unspecified atom stereocenters. The third-order valence-corrected chi connectivity index (χ3v) is 4.27. The predicted molar refractivity (Wildman–Crippen MR) is 85.5 cm³/mol. The molecule has 1 aliphatic rings. The quantitative estimate of drug-likeness (QED) is 0.849. The van der Waals surface area contributed by atoms with Gasteiger partial charge in [-0.2, -0.15) is 13.2 Å². The number of carbonyl (C=O) groups excluding carboxylic acids is 2. The van der Waals surface area contributed by atoms with E-state index in [1.807, 2.05) is 0 Å². The van der Waals surface area contributed by atoms with E-state index in [1.165, 1.54) is 13.2 Å². The number of carbonyl (C=O) groups is 2. The Bertz CT molecular complexity index is 865. The van der Waals surface area contributed by atoms with Crippen LogP contribution in [-0.2, 0) is 17.3 Å². The molecule has 0 fully saturated rings. The molecule has 8 heteroatoms. The third kappa shape index (κ3) is 3.40. The van der Waals surface area contributed by atoms with Crippen molar-refractivity contribution in [2.45, 2.75) is 25.1 Å². The van der Waals surface area contributed by atoms with Gasteiger partial charge in [-0.1, -0.05) is 6.07 Å². The van der Waals surface area contributed by atoms with Crippen LogP contribution in [0.5, 0.6) is 0 Å². The van der Waals surface area contributed by atoms with Gasteiger partial charge < -0.3 is 10.1 Å². The Balaban J connectivity index is 1.87. The summed E-state index contributed by atoms with van der Waals surface area (Å²) in [6.07, 6.45) is -2.54. The lowest BCUT2D eigenvalue weighted by Gasteiger charge is -2.17. The number of aromatic nitrogens is 1. The molecule has 1 aliphatic carbocycles. The average Bonchev–Trinajstić information content (AvgIpc) is 3.02. The predicted octanol–water partition coefficient (Wildman–Crippen LogP) is 3.30. The molecule has 1 atom stereocenters. The number of hydrogen-bond acceptors (Lipinski definition) is 4. The van der Waals surface area contributed by atoms with Crippen molar-refractivity contribution in [1.82, 2.24) is 10.3 Å². The fourth-order valence-corrected chi connectivity index (χ4v) is 3.05. The van der Waals surface area contributed by atoms with Crippen LogP contribution in [0.2, 0.25) is 0 Å². The van der Waals surface area contributed by atoms with Crippen LogP contribution >= 0.6 is 0 Å². The molecule has 1 amide bonds. The number of aryl methyl sites for hydroxylation is 1. The van der Waals surface area contributed by atoms with Crippen LogP contribution in [0.25, 0.3) is 0 Å². The monoisotopic (exact) mass is 364 g/mol. The van der Waals surface area contributed by atoms with Crippen LogP contribution in [0.4, 0.5) is 13.2 Å². The molecule has 26 heavy (non-hydrogen) atoms. The Morgan fingerprint density at radius 3 is 2.73 bits per heavy atom. The summed E-state index contributed by atoms with van der Waals surface area (Å²) in [7, 11) is 1.26. The first-order valence-corrected chi connectivity index (χ1v) is 7.85. The molecule has 0 saturated heterocycles. The van der Waals surface area contributed by atoms with E-state index in [9.17, 15) is 22.8 Å². The first-order valence-electron chi connectivity index (χ1n) is 7.85. The maximum atomic E-state index is 13.0. The summed E-state index contributed by atoms with van der Waals surface area (Å²) >= 11 is 0. The van der Waals surface area contributed by atoms with Crippen LogP contribution in [0.15, 0.2) is 36.5 Å². The number of halogens is 3. The molecule has 0 aliphatic heterocycles. The van der Waals surface area contributed by atoms with Crippen molar-refractivity contribution in [1.29, 1.82) is 0 Å². The number of pyridine rings is 1. The molecule has 0 radical (unpaired) electrons. The van der Waals surface area contributed by atoms with E-state index in [4.69, 9.17) is 0 Å². The first-order chi connectivity index (χ1) is 12.3. The SMILES string of the molecule is COC(=O)c1ccc2c(c1)C(NC(=O)c1cccnc1C(F)(F)F)CC2. The Hall–Kier alpha value is -2.90. The zero-order valence-corrected chi connectivity index (χ0v) is 13.8. The van der Waals surface area contributed by atoms with Gasteiger partial charge in [-0.25, -0.2) is 4.79 Å². The second-order valence-corrected chi connectivity index (χ2v) is 5.87. The summed E-state index contributed by atoms with van der Waals surface area (Å²) in [5.41, 5.74) is 0.213. The lowest BCUT2D eigenvalue weighted by molar-refractivity contribution is -0.141. The van der Waals surface area contributed by atoms with E-state index in [2.05, 4.69) is 15.0 Å². The number of esters is 1. The van der Waals surface area contributed by atoms with E-state index in [1.54, 1.807) is 18.2 Å². The number of ether oxygens (including phenoxy) is 1.